The van der Waals surface area contributed by atoms with E-state index in [1.807, 2.05) is 72.8 Å². The van der Waals surface area contributed by atoms with Gasteiger partial charge in [-0.05, 0) is 18.2 Å². The summed E-state index contributed by atoms with van der Waals surface area (Å²) in [6.07, 6.45) is 0. The molecule has 0 radical (unpaired) electrons. The Morgan fingerprint density at radius 3 is 2.33 bits per heavy atom. The number of aromatic amines is 1. The van der Waals surface area contributed by atoms with Crippen LogP contribution in [0.1, 0.15) is 15.9 Å². The molecular weight excluding hydrogens is 298 g/mol. The van der Waals surface area contributed by atoms with Crippen LogP contribution in [0.25, 0.3) is 22.4 Å². The smallest absolute Gasteiger partial charge is 0.193 e. The number of rotatable bonds is 3. The summed E-state index contributed by atoms with van der Waals surface area (Å²) in [4.78, 5) is 20.3. The number of imidazole rings is 1. The van der Waals surface area contributed by atoms with Crippen molar-refractivity contribution < 1.29 is 4.79 Å². The van der Waals surface area contributed by atoms with E-state index in [1.165, 1.54) is 0 Å². The highest BCUT2D eigenvalue weighted by Crippen LogP contribution is 2.23. The van der Waals surface area contributed by atoms with Crippen LogP contribution in [0.3, 0.4) is 0 Å². The molecule has 3 aromatic carbocycles. The molecule has 0 spiro atoms. The summed E-state index contributed by atoms with van der Waals surface area (Å²) in [5.41, 5.74) is 10.5. The van der Waals surface area contributed by atoms with Crippen LogP contribution in [-0.4, -0.2) is 15.8 Å². The molecule has 4 rings (SSSR count). The van der Waals surface area contributed by atoms with Crippen LogP contribution in [0.5, 0.6) is 0 Å². The predicted molar refractivity (Wildman–Crippen MR) is 95.8 cm³/mol. The van der Waals surface area contributed by atoms with Crippen molar-refractivity contribution in [3.8, 4) is 11.4 Å². The molecule has 0 saturated carbocycles. The van der Waals surface area contributed by atoms with Crippen molar-refractivity contribution in [2.45, 2.75) is 0 Å². The number of aromatic nitrogens is 2. The zero-order valence-electron chi connectivity index (χ0n) is 12.9. The summed E-state index contributed by atoms with van der Waals surface area (Å²) < 4.78 is 0. The molecule has 0 aliphatic carbocycles. The van der Waals surface area contributed by atoms with Gasteiger partial charge >= 0.3 is 0 Å². The molecule has 4 aromatic rings. The Balaban J connectivity index is 1.66. The highest BCUT2D eigenvalue weighted by molar-refractivity contribution is 6.09. The first-order valence-corrected chi connectivity index (χ1v) is 7.66. The highest BCUT2D eigenvalue weighted by atomic mass is 16.1. The molecule has 0 amide bonds. The second-order valence-corrected chi connectivity index (χ2v) is 5.63. The number of fused-ring (bicyclic) bond motifs is 1. The van der Waals surface area contributed by atoms with E-state index in [1.54, 1.807) is 0 Å². The van der Waals surface area contributed by atoms with Gasteiger partial charge in [-0.3, -0.25) is 4.79 Å². The van der Waals surface area contributed by atoms with Crippen LogP contribution >= 0.6 is 0 Å². The lowest BCUT2D eigenvalue weighted by Crippen LogP contribution is -2.00. The summed E-state index contributed by atoms with van der Waals surface area (Å²) in [5.74, 6) is 0.772. The number of nitrogens with zero attached hydrogens (tertiary/aromatic N) is 1. The minimum absolute atomic E-state index is 0.0135. The van der Waals surface area contributed by atoms with Gasteiger partial charge in [0.1, 0.15) is 5.82 Å². The van der Waals surface area contributed by atoms with Crippen LogP contribution in [0.15, 0.2) is 72.8 Å². The van der Waals surface area contributed by atoms with E-state index < -0.39 is 0 Å². The minimum Gasteiger partial charge on any atom is -0.399 e. The summed E-state index contributed by atoms with van der Waals surface area (Å²) >= 11 is 0. The lowest BCUT2D eigenvalue weighted by Gasteiger charge is -2.02. The third-order valence-electron chi connectivity index (χ3n) is 3.96. The van der Waals surface area contributed by atoms with Gasteiger partial charge < -0.3 is 10.7 Å². The van der Waals surface area contributed by atoms with Gasteiger partial charge in [0, 0.05) is 22.4 Å². The zero-order valence-corrected chi connectivity index (χ0v) is 12.9. The normalized spacial score (nSPS) is 10.8. The van der Waals surface area contributed by atoms with Gasteiger partial charge in [-0.2, -0.15) is 0 Å². The summed E-state index contributed by atoms with van der Waals surface area (Å²) in [6, 6.07) is 22.3. The second-order valence-electron chi connectivity index (χ2n) is 5.63. The first-order valence-electron chi connectivity index (χ1n) is 7.66. The van der Waals surface area contributed by atoms with E-state index in [0.29, 0.717) is 16.8 Å². The molecular formula is C20H15N3O. The van der Waals surface area contributed by atoms with Crippen molar-refractivity contribution in [1.82, 2.24) is 9.97 Å². The van der Waals surface area contributed by atoms with E-state index in [0.717, 1.165) is 22.4 Å². The van der Waals surface area contributed by atoms with Crippen LogP contribution in [0.2, 0.25) is 0 Å². The number of anilines is 1. The van der Waals surface area contributed by atoms with Crippen molar-refractivity contribution in [2.24, 2.45) is 0 Å². The topological polar surface area (TPSA) is 71.8 Å². The Morgan fingerprint density at radius 1 is 0.875 bits per heavy atom. The van der Waals surface area contributed by atoms with Gasteiger partial charge in [0.25, 0.3) is 0 Å². The molecule has 3 N–H and O–H groups in total. The number of ketones is 1. The van der Waals surface area contributed by atoms with E-state index in [-0.39, 0.29) is 5.78 Å². The number of nitrogen functional groups attached to an aromatic ring is 1. The van der Waals surface area contributed by atoms with Gasteiger partial charge in [-0.1, -0.05) is 54.6 Å². The Kier molecular flexibility index (Phi) is 3.35. The maximum Gasteiger partial charge on any atom is 0.193 e. The largest absolute Gasteiger partial charge is 0.399 e. The van der Waals surface area contributed by atoms with Crippen LogP contribution in [-0.2, 0) is 0 Å². The fraction of sp³-hybridized carbons (Fsp3) is 0. The molecule has 116 valence electrons. The Morgan fingerprint density at radius 2 is 1.58 bits per heavy atom. The van der Waals surface area contributed by atoms with E-state index >= 15 is 0 Å². The monoisotopic (exact) mass is 313 g/mol. The Labute approximate surface area is 139 Å². The van der Waals surface area contributed by atoms with Crippen LogP contribution in [0, 0.1) is 0 Å². The molecule has 4 heteroatoms. The molecule has 0 aliphatic heterocycles. The average Bonchev–Trinajstić information content (AvgIpc) is 3.05. The van der Waals surface area contributed by atoms with Crippen molar-refractivity contribution in [3.05, 3.63) is 83.9 Å². The summed E-state index contributed by atoms with van der Waals surface area (Å²) in [6.45, 7) is 0. The van der Waals surface area contributed by atoms with Crippen LogP contribution < -0.4 is 5.73 Å². The fourth-order valence-electron chi connectivity index (χ4n) is 2.70. The van der Waals surface area contributed by atoms with E-state index in [9.17, 15) is 4.79 Å². The number of benzene rings is 3. The number of hydrogen-bond donors (Lipinski definition) is 2. The molecule has 0 unspecified atom stereocenters. The number of carbonyl (C=O) groups is 1. The van der Waals surface area contributed by atoms with Crippen molar-refractivity contribution in [2.75, 3.05) is 5.73 Å². The van der Waals surface area contributed by atoms with Crippen molar-refractivity contribution in [3.63, 3.8) is 0 Å². The molecule has 1 heterocycles. The molecule has 0 atom stereocenters. The zero-order chi connectivity index (χ0) is 16.5. The van der Waals surface area contributed by atoms with Crippen molar-refractivity contribution in [1.29, 1.82) is 0 Å². The number of H-pyrrole nitrogens is 1. The molecule has 0 saturated heterocycles. The minimum atomic E-state index is 0.0135. The SMILES string of the molecule is Nc1ccc2[nH]c(-c3ccc(C(=O)c4ccccc4)cc3)nc2c1. The van der Waals surface area contributed by atoms with Gasteiger partial charge in [0.05, 0.1) is 11.0 Å². The van der Waals surface area contributed by atoms with Crippen molar-refractivity contribution >= 4 is 22.5 Å². The molecule has 4 nitrogen and oxygen atoms in total. The lowest BCUT2D eigenvalue weighted by atomic mass is 10.0. The van der Waals surface area contributed by atoms with E-state index in [2.05, 4.69) is 9.97 Å². The fourth-order valence-corrected chi connectivity index (χ4v) is 2.70. The van der Waals surface area contributed by atoms with Gasteiger partial charge in [-0.25, -0.2) is 4.98 Å². The number of carbonyl (C=O) groups excluding carboxylic acids is 1. The maximum atomic E-state index is 12.4. The van der Waals surface area contributed by atoms with Gasteiger partial charge in [0.2, 0.25) is 0 Å². The molecule has 1 aromatic heterocycles. The average molecular weight is 313 g/mol. The second kappa shape index (κ2) is 5.66. The quantitative estimate of drug-likeness (QED) is 0.443. The lowest BCUT2D eigenvalue weighted by molar-refractivity contribution is 0.103. The number of nitrogens with one attached hydrogen (secondary N) is 1. The Bertz CT molecular complexity index is 1020. The van der Waals surface area contributed by atoms with Gasteiger partial charge in [-0.15, -0.1) is 0 Å². The predicted octanol–water partition coefficient (Wildman–Crippen LogP) is 4.04. The van der Waals surface area contributed by atoms with Crippen LogP contribution in [0.4, 0.5) is 5.69 Å². The first-order chi connectivity index (χ1) is 11.7. The summed E-state index contributed by atoms with van der Waals surface area (Å²) in [7, 11) is 0. The number of hydrogen-bond acceptors (Lipinski definition) is 3. The maximum absolute atomic E-state index is 12.4. The summed E-state index contributed by atoms with van der Waals surface area (Å²) in [5, 5.41) is 0. The highest BCUT2D eigenvalue weighted by Gasteiger charge is 2.10. The molecule has 24 heavy (non-hydrogen) atoms. The van der Waals surface area contributed by atoms with E-state index in [4.69, 9.17) is 5.73 Å². The molecule has 0 fully saturated rings. The van der Waals surface area contributed by atoms with Gasteiger partial charge in [0.15, 0.2) is 5.78 Å². The molecule has 0 bridgehead atoms. The first kappa shape index (κ1) is 14.2. The third-order valence-corrected chi connectivity index (χ3v) is 3.96. The standard InChI is InChI=1S/C20H15N3O/c21-16-10-11-17-18(12-16)23-20(22-17)15-8-6-14(7-9-15)19(24)13-4-2-1-3-5-13/h1-12H,21H2,(H,22,23). The number of nitrogens with two attached hydrogens (primary N) is 1. The third kappa shape index (κ3) is 2.54. The molecule has 0 aliphatic rings. The Hall–Kier alpha value is -3.40.